The molecule has 3 aromatic rings. The summed E-state index contributed by atoms with van der Waals surface area (Å²) in [5.74, 6) is -0.510. The molecule has 0 aliphatic carbocycles. The molecule has 1 fully saturated rings. The van der Waals surface area contributed by atoms with E-state index in [0.717, 1.165) is 27.3 Å². The molecule has 4 rings (SSSR count). The fraction of sp³-hybridized carbons (Fsp3) is 0.409. The molecule has 7 heteroatoms. The zero-order chi connectivity index (χ0) is 21.4. The second-order valence-corrected chi connectivity index (χ2v) is 9.35. The van der Waals surface area contributed by atoms with Crippen molar-refractivity contribution < 1.29 is 19.2 Å². The van der Waals surface area contributed by atoms with Crippen LogP contribution in [0, 0.1) is 0 Å². The predicted molar refractivity (Wildman–Crippen MR) is 115 cm³/mol. The van der Waals surface area contributed by atoms with Gasteiger partial charge in [-0.25, -0.2) is 0 Å². The fourth-order valence-corrected chi connectivity index (χ4v) is 3.79. The number of primary amides is 1. The highest BCUT2D eigenvalue weighted by atomic mass is 16.7. The number of carbonyl (C=O) groups excluding carboxylic acids is 1. The maximum absolute atomic E-state index is 12.1. The normalized spacial score (nSPS) is 18.7. The SMILES string of the molecule is CC(C)(O)c1ccc2c(c1)[nH]c1c(C(N)=O)ccc(B3OC(C)(C)C(C)(C)O3)c12. The van der Waals surface area contributed by atoms with Gasteiger partial charge in [-0.3, -0.25) is 4.79 Å². The number of aromatic nitrogens is 1. The van der Waals surface area contributed by atoms with Gasteiger partial charge in [0.25, 0.3) is 5.91 Å². The molecule has 0 saturated carbocycles. The van der Waals surface area contributed by atoms with Crippen molar-refractivity contribution in [2.24, 2.45) is 5.73 Å². The van der Waals surface area contributed by atoms with Crippen molar-refractivity contribution in [2.45, 2.75) is 58.3 Å². The van der Waals surface area contributed by atoms with E-state index in [1.165, 1.54) is 0 Å². The van der Waals surface area contributed by atoms with E-state index in [9.17, 15) is 9.90 Å². The minimum atomic E-state index is -0.980. The number of fused-ring (bicyclic) bond motifs is 3. The van der Waals surface area contributed by atoms with Crippen LogP contribution >= 0.6 is 0 Å². The van der Waals surface area contributed by atoms with E-state index in [2.05, 4.69) is 4.98 Å². The molecule has 2 heterocycles. The van der Waals surface area contributed by atoms with Gasteiger partial charge in [-0.2, -0.15) is 0 Å². The molecule has 0 bridgehead atoms. The number of hydrogen-bond acceptors (Lipinski definition) is 4. The summed E-state index contributed by atoms with van der Waals surface area (Å²) in [6, 6.07) is 9.29. The average Bonchev–Trinajstić information content (AvgIpc) is 3.06. The Balaban J connectivity index is 1.99. The number of rotatable bonds is 3. The van der Waals surface area contributed by atoms with Crippen molar-refractivity contribution in [2.75, 3.05) is 0 Å². The number of nitrogens with one attached hydrogen (secondary N) is 1. The van der Waals surface area contributed by atoms with E-state index in [1.54, 1.807) is 19.9 Å². The molecule has 29 heavy (non-hydrogen) atoms. The van der Waals surface area contributed by atoms with Crippen molar-refractivity contribution in [3.8, 4) is 0 Å². The number of carbonyl (C=O) groups is 1. The third-order valence-electron chi connectivity index (χ3n) is 6.27. The van der Waals surface area contributed by atoms with Crippen LogP contribution in [-0.4, -0.2) is 34.3 Å². The Morgan fingerprint density at radius 1 is 1.10 bits per heavy atom. The number of nitrogens with two attached hydrogens (primary N) is 1. The van der Waals surface area contributed by atoms with E-state index in [0.29, 0.717) is 11.1 Å². The first-order valence-electron chi connectivity index (χ1n) is 9.78. The molecule has 1 amide bonds. The number of aliphatic hydroxyl groups is 1. The zero-order valence-electron chi connectivity index (χ0n) is 17.7. The molecule has 0 atom stereocenters. The van der Waals surface area contributed by atoms with Crippen LogP contribution in [0.4, 0.5) is 0 Å². The van der Waals surface area contributed by atoms with Gasteiger partial charge >= 0.3 is 7.12 Å². The number of H-pyrrole nitrogens is 1. The predicted octanol–water partition coefficient (Wildman–Crippen LogP) is 2.95. The lowest BCUT2D eigenvalue weighted by Crippen LogP contribution is -2.41. The molecule has 1 saturated heterocycles. The fourth-order valence-electron chi connectivity index (χ4n) is 3.79. The molecule has 0 radical (unpaired) electrons. The molecule has 1 aromatic heterocycles. The lowest BCUT2D eigenvalue weighted by Gasteiger charge is -2.32. The molecule has 152 valence electrons. The van der Waals surface area contributed by atoms with Crippen molar-refractivity contribution in [1.29, 1.82) is 0 Å². The van der Waals surface area contributed by atoms with Crippen LogP contribution in [0.15, 0.2) is 30.3 Å². The number of amides is 1. The van der Waals surface area contributed by atoms with Gasteiger partial charge in [-0.05, 0) is 64.7 Å². The lowest BCUT2D eigenvalue weighted by molar-refractivity contribution is 0.00578. The summed E-state index contributed by atoms with van der Waals surface area (Å²) in [7, 11) is -0.572. The van der Waals surface area contributed by atoms with Crippen molar-refractivity contribution in [3.63, 3.8) is 0 Å². The molecule has 6 nitrogen and oxygen atoms in total. The third kappa shape index (κ3) is 3.05. The van der Waals surface area contributed by atoms with E-state index in [4.69, 9.17) is 15.0 Å². The molecular weight excluding hydrogens is 367 g/mol. The Hall–Kier alpha value is -2.35. The lowest BCUT2D eigenvalue weighted by atomic mass is 9.75. The summed E-state index contributed by atoms with van der Waals surface area (Å²) in [5.41, 5.74) is 7.16. The van der Waals surface area contributed by atoms with Gasteiger partial charge in [0.05, 0.1) is 27.9 Å². The first-order chi connectivity index (χ1) is 13.3. The number of benzene rings is 2. The maximum atomic E-state index is 12.1. The van der Waals surface area contributed by atoms with Gasteiger partial charge in [-0.15, -0.1) is 0 Å². The summed E-state index contributed by atoms with van der Waals surface area (Å²) in [6.45, 7) is 11.5. The molecule has 0 unspecified atom stereocenters. The van der Waals surface area contributed by atoms with Crippen molar-refractivity contribution in [1.82, 2.24) is 4.98 Å². The van der Waals surface area contributed by atoms with Crippen LogP contribution in [0.25, 0.3) is 21.8 Å². The summed E-state index contributed by atoms with van der Waals surface area (Å²) in [6.07, 6.45) is 0. The van der Waals surface area contributed by atoms with E-state index < -0.39 is 29.8 Å². The van der Waals surface area contributed by atoms with Crippen LogP contribution in [0.3, 0.4) is 0 Å². The first kappa shape index (κ1) is 19.9. The second-order valence-electron chi connectivity index (χ2n) is 9.35. The molecule has 1 aliphatic rings. The maximum Gasteiger partial charge on any atom is 0.495 e. The Labute approximate surface area is 170 Å². The van der Waals surface area contributed by atoms with Crippen LogP contribution in [0.5, 0.6) is 0 Å². The zero-order valence-corrected chi connectivity index (χ0v) is 17.7. The minimum Gasteiger partial charge on any atom is -0.399 e. The monoisotopic (exact) mass is 394 g/mol. The van der Waals surface area contributed by atoms with E-state index in [-0.39, 0.29) is 0 Å². The van der Waals surface area contributed by atoms with Gasteiger partial charge in [0.2, 0.25) is 0 Å². The Kier molecular flexibility index (Phi) is 4.18. The van der Waals surface area contributed by atoms with E-state index >= 15 is 0 Å². The Morgan fingerprint density at radius 2 is 1.72 bits per heavy atom. The largest absolute Gasteiger partial charge is 0.495 e. The molecule has 2 aromatic carbocycles. The average molecular weight is 394 g/mol. The second kappa shape index (κ2) is 6.08. The number of hydrogen-bond donors (Lipinski definition) is 3. The van der Waals surface area contributed by atoms with Gasteiger partial charge < -0.3 is 25.1 Å². The summed E-state index contributed by atoms with van der Waals surface area (Å²) in [4.78, 5) is 15.4. The van der Waals surface area contributed by atoms with Gasteiger partial charge in [-0.1, -0.05) is 18.2 Å². The van der Waals surface area contributed by atoms with Crippen molar-refractivity contribution >= 4 is 40.3 Å². The van der Waals surface area contributed by atoms with Crippen LogP contribution in [0.1, 0.15) is 57.5 Å². The molecule has 4 N–H and O–H groups in total. The highest BCUT2D eigenvalue weighted by Gasteiger charge is 2.52. The molecular formula is C22H27BN2O4. The van der Waals surface area contributed by atoms with Crippen molar-refractivity contribution in [3.05, 3.63) is 41.5 Å². The third-order valence-corrected chi connectivity index (χ3v) is 6.27. The van der Waals surface area contributed by atoms with Crippen LogP contribution < -0.4 is 11.2 Å². The smallest absolute Gasteiger partial charge is 0.399 e. The van der Waals surface area contributed by atoms with Crippen LogP contribution in [0.2, 0.25) is 0 Å². The van der Waals surface area contributed by atoms with E-state index in [1.807, 2.05) is 52.0 Å². The highest BCUT2D eigenvalue weighted by molar-refractivity contribution is 6.66. The summed E-state index contributed by atoms with van der Waals surface area (Å²) >= 11 is 0. The minimum absolute atomic E-state index is 0.404. The van der Waals surface area contributed by atoms with Gasteiger partial charge in [0, 0.05) is 16.3 Å². The number of aromatic amines is 1. The Bertz CT molecular complexity index is 1130. The standard InChI is InChI=1S/C22H27BN2O4/c1-20(2,27)12-7-8-13-16(11-12)25-18-14(19(24)26)9-10-15(17(13)18)23-28-21(3,4)22(5,6)29-23/h7-11,25,27H,1-6H3,(H2,24,26). The summed E-state index contributed by atoms with van der Waals surface area (Å²) in [5, 5.41) is 12.1. The molecule has 0 spiro atoms. The molecule has 1 aliphatic heterocycles. The topological polar surface area (TPSA) is 97.6 Å². The Morgan fingerprint density at radius 3 is 2.28 bits per heavy atom. The summed E-state index contributed by atoms with van der Waals surface area (Å²) < 4.78 is 12.5. The van der Waals surface area contributed by atoms with Crippen LogP contribution in [-0.2, 0) is 14.9 Å². The highest BCUT2D eigenvalue weighted by Crippen LogP contribution is 2.38. The van der Waals surface area contributed by atoms with Gasteiger partial charge in [0.15, 0.2) is 0 Å². The van der Waals surface area contributed by atoms with Gasteiger partial charge in [0.1, 0.15) is 0 Å². The first-order valence-corrected chi connectivity index (χ1v) is 9.78. The quantitative estimate of drug-likeness (QED) is 0.595.